The Labute approximate surface area is 321 Å². The molecule has 4 aromatic rings. The molecule has 53 heavy (non-hydrogen) atoms. The average molecular weight is 776 g/mol. The molecule has 0 bridgehead atoms. The maximum absolute atomic E-state index is 12.4. The van der Waals surface area contributed by atoms with Gasteiger partial charge in [-0.3, -0.25) is 4.79 Å². The number of pyridine rings is 1. The second-order valence-corrected chi connectivity index (χ2v) is 14.7. The number of hydrogen-bond donors (Lipinski definition) is 3. The minimum absolute atomic E-state index is 0.0194. The molecule has 2 unspecified atom stereocenters. The topological polar surface area (TPSA) is 188 Å². The molecule has 0 saturated heterocycles. The lowest BCUT2D eigenvalue weighted by Crippen LogP contribution is -2.50. The van der Waals surface area contributed by atoms with Gasteiger partial charge in [0.2, 0.25) is 5.91 Å². The molecule has 0 radical (unpaired) electrons. The molecule has 2 aromatic carbocycles. The van der Waals surface area contributed by atoms with Crippen LogP contribution >= 0.6 is 34.7 Å². The zero-order chi connectivity index (χ0) is 38.7. The van der Waals surface area contributed by atoms with E-state index in [0.717, 1.165) is 16.3 Å². The summed E-state index contributed by atoms with van der Waals surface area (Å²) >= 11 is 8.88. The highest BCUT2D eigenvalue weighted by molar-refractivity contribution is 7.98. The fourth-order valence-corrected chi connectivity index (χ4v) is 6.62. The second-order valence-electron chi connectivity index (χ2n) is 12.4. The van der Waals surface area contributed by atoms with Crippen molar-refractivity contribution in [3.63, 3.8) is 0 Å². The van der Waals surface area contributed by atoms with Crippen molar-refractivity contribution in [2.75, 3.05) is 25.6 Å². The predicted molar refractivity (Wildman–Crippen MR) is 204 cm³/mol. The number of rotatable bonds is 14. The van der Waals surface area contributed by atoms with Gasteiger partial charge in [-0.1, -0.05) is 47.6 Å². The van der Waals surface area contributed by atoms with Gasteiger partial charge in [-0.05, 0) is 64.4 Å². The van der Waals surface area contributed by atoms with E-state index in [0.29, 0.717) is 38.5 Å². The van der Waals surface area contributed by atoms with E-state index in [2.05, 4.69) is 33.1 Å². The number of alkyl carbamates (subject to hydrolysis) is 1. The molecular formula is C37H38ClN7O6S2. The number of carbonyl (C=O) groups is 3. The van der Waals surface area contributed by atoms with E-state index in [-0.39, 0.29) is 24.3 Å². The van der Waals surface area contributed by atoms with Crippen LogP contribution in [0.4, 0.5) is 10.6 Å². The molecule has 2 aromatic heterocycles. The molecule has 2 atom stereocenters. The molecule has 4 rings (SSSR count). The van der Waals surface area contributed by atoms with Crippen LogP contribution < -0.4 is 20.7 Å². The largest absolute Gasteiger partial charge is 0.490 e. The summed E-state index contributed by atoms with van der Waals surface area (Å²) in [4.78, 5) is 46.1. The van der Waals surface area contributed by atoms with E-state index in [1.807, 2.05) is 29.6 Å². The van der Waals surface area contributed by atoms with Crippen molar-refractivity contribution in [2.45, 2.75) is 63.1 Å². The molecular weight excluding hydrogens is 738 g/mol. The van der Waals surface area contributed by atoms with E-state index in [9.17, 15) is 24.9 Å². The predicted octanol–water partition coefficient (Wildman–Crippen LogP) is 6.94. The van der Waals surface area contributed by atoms with Gasteiger partial charge in [0.15, 0.2) is 0 Å². The van der Waals surface area contributed by atoms with Gasteiger partial charge >= 0.3 is 12.1 Å². The first-order valence-electron chi connectivity index (χ1n) is 16.3. The van der Waals surface area contributed by atoms with Crippen LogP contribution in [0.3, 0.4) is 0 Å². The molecule has 0 spiro atoms. The van der Waals surface area contributed by atoms with Crippen LogP contribution in [0.2, 0.25) is 5.02 Å². The number of nitrogens with one attached hydrogen (secondary N) is 3. The Bertz CT molecular complexity index is 2020. The molecule has 0 fully saturated rings. The van der Waals surface area contributed by atoms with Crippen LogP contribution in [0.25, 0.3) is 21.7 Å². The van der Waals surface area contributed by atoms with Gasteiger partial charge in [0.05, 0.1) is 11.3 Å². The highest BCUT2D eigenvalue weighted by Crippen LogP contribution is 2.38. The number of thiazole rings is 1. The van der Waals surface area contributed by atoms with E-state index in [1.54, 1.807) is 52.1 Å². The number of halogens is 1. The van der Waals surface area contributed by atoms with E-state index in [4.69, 9.17) is 30.8 Å². The molecule has 0 aliphatic heterocycles. The van der Waals surface area contributed by atoms with Gasteiger partial charge in [0, 0.05) is 34.3 Å². The number of carbonyl (C=O) groups excluding carboxylic acids is 3. The van der Waals surface area contributed by atoms with Gasteiger partial charge in [0.1, 0.15) is 70.2 Å². The summed E-state index contributed by atoms with van der Waals surface area (Å²) < 4.78 is 16.1. The Kier molecular flexibility index (Phi) is 14.0. The zero-order valence-corrected chi connectivity index (χ0v) is 32.3. The molecule has 276 valence electrons. The van der Waals surface area contributed by atoms with Crippen LogP contribution in [-0.2, 0) is 24.8 Å². The molecule has 2 amide bonds. The molecule has 0 aliphatic carbocycles. The number of aromatic nitrogens is 2. The zero-order valence-electron chi connectivity index (χ0n) is 29.9. The summed E-state index contributed by atoms with van der Waals surface area (Å²) in [6.07, 6.45) is -0.753. The maximum Gasteiger partial charge on any atom is 0.408 e. The lowest BCUT2D eigenvalue weighted by Gasteiger charge is -2.22. The quantitative estimate of drug-likeness (QED) is 0.0681. The van der Waals surface area contributed by atoms with Crippen LogP contribution in [0.15, 0.2) is 58.9 Å². The van der Waals surface area contributed by atoms with Gasteiger partial charge in [-0.25, -0.2) is 19.6 Å². The number of esters is 1. The fraction of sp³-hybridized carbons (Fsp3) is 0.324. The van der Waals surface area contributed by atoms with Crippen LogP contribution in [-0.4, -0.2) is 65.9 Å². The Morgan fingerprint density at radius 1 is 0.925 bits per heavy atom. The van der Waals surface area contributed by atoms with Crippen LogP contribution in [0.1, 0.15) is 51.4 Å². The first kappa shape index (κ1) is 40.4. The highest BCUT2D eigenvalue weighted by Gasteiger charge is 2.25. The van der Waals surface area contributed by atoms with Crippen molar-refractivity contribution >= 4 is 58.5 Å². The highest BCUT2D eigenvalue weighted by atomic mass is 35.5. The monoisotopic (exact) mass is 775 g/mol. The third kappa shape index (κ3) is 11.3. The lowest BCUT2D eigenvalue weighted by molar-refractivity contribution is -0.148. The van der Waals surface area contributed by atoms with Crippen molar-refractivity contribution in [1.82, 2.24) is 20.6 Å². The van der Waals surface area contributed by atoms with Crippen molar-refractivity contribution < 1.29 is 28.6 Å². The average Bonchev–Trinajstić information content (AvgIpc) is 3.60. The van der Waals surface area contributed by atoms with Crippen molar-refractivity contribution in [3.8, 4) is 39.6 Å². The smallest absolute Gasteiger partial charge is 0.408 e. The maximum atomic E-state index is 12.4. The van der Waals surface area contributed by atoms with Gasteiger partial charge in [-0.2, -0.15) is 10.5 Å². The van der Waals surface area contributed by atoms with Crippen molar-refractivity contribution in [1.29, 1.82) is 10.5 Å². The minimum Gasteiger partial charge on any atom is -0.490 e. The Morgan fingerprint density at radius 3 is 2.21 bits per heavy atom. The van der Waals surface area contributed by atoms with Gasteiger partial charge in [0.25, 0.3) is 0 Å². The lowest BCUT2D eigenvalue weighted by atomic mass is 9.96. The summed E-state index contributed by atoms with van der Waals surface area (Å²) in [6, 6.07) is 16.8. The van der Waals surface area contributed by atoms with Gasteiger partial charge in [-0.15, -0.1) is 11.3 Å². The third-order valence-electron chi connectivity index (χ3n) is 7.20. The first-order chi connectivity index (χ1) is 25.2. The third-order valence-corrected chi connectivity index (χ3v) is 9.40. The van der Waals surface area contributed by atoms with Crippen molar-refractivity contribution in [3.05, 3.63) is 75.8 Å². The van der Waals surface area contributed by atoms with E-state index >= 15 is 0 Å². The Hall–Kier alpha value is -5.35. The molecule has 2 heterocycles. The van der Waals surface area contributed by atoms with Gasteiger partial charge < -0.3 is 30.2 Å². The number of thioether (sulfide) groups is 1. The second kappa shape index (κ2) is 18.4. The number of amides is 2. The number of anilines is 1. The Balaban J connectivity index is 1.36. The molecule has 0 aliphatic rings. The summed E-state index contributed by atoms with van der Waals surface area (Å²) in [5.41, 5.74) is 2.58. The number of nitrogens with zero attached hydrogens (tertiary/aromatic N) is 4. The SMILES string of the molecule is CNc1nc(SCc2csc(-c3ccc(Cl)cc3)n2)c(C#N)c(-c2ccc(OCCOC(=O)C(C)NC(=O)C(C)NC(=O)OC(C)(C)C)cc2)c1C#N. The normalized spacial score (nSPS) is 12.0. The number of nitriles is 2. The van der Waals surface area contributed by atoms with Crippen LogP contribution in [0.5, 0.6) is 5.75 Å². The fourth-order valence-electron chi connectivity index (χ4n) is 4.68. The standard InChI is InChI=1S/C37H38ClN7O6S2/c1-21(43-36(48)51-37(3,4)5)32(46)42-22(2)35(47)50-16-15-49-27-13-9-23(10-14-27)30-28(17-39)31(41-6)45-34(29(30)18-40)53-20-26-19-52-33(44-26)24-7-11-25(38)12-8-24/h7-14,19,21-22H,15-16,20H2,1-6H3,(H,41,45)(H,42,46)(H,43,48). The minimum atomic E-state index is -0.979. The molecule has 3 N–H and O–H groups in total. The molecule has 16 heteroatoms. The summed E-state index contributed by atoms with van der Waals surface area (Å²) in [5.74, 6) is -0.0139. The van der Waals surface area contributed by atoms with E-state index < -0.39 is 35.7 Å². The van der Waals surface area contributed by atoms with Crippen molar-refractivity contribution in [2.24, 2.45) is 0 Å². The Morgan fingerprint density at radius 2 is 1.58 bits per heavy atom. The summed E-state index contributed by atoms with van der Waals surface area (Å²) in [6.45, 7) is 7.96. The summed E-state index contributed by atoms with van der Waals surface area (Å²) in [7, 11) is 1.66. The number of ether oxygens (including phenoxy) is 3. The molecule has 13 nitrogen and oxygen atoms in total. The number of benzene rings is 2. The van der Waals surface area contributed by atoms with Crippen LogP contribution in [0, 0.1) is 22.7 Å². The number of hydrogen-bond acceptors (Lipinski definition) is 13. The summed E-state index contributed by atoms with van der Waals surface area (Å²) in [5, 5.41) is 32.2. The molecule has 0 saturated carbocycles. The first-order valence-corrected chi connectivity index (χ1v) is 18.6. The van der Waals surface area contributed by atoms with E-state index in [1.165, 1.54) is 36.9 Å².